The normalized spacial score (nSPS) is 18.4. The lowest BCUT2D eigenvalue weighted by Gasteiger charge is -2.30. The Bertz CT molecular complexity index is 612. The third-order valence-electron chi connectivity index (χ3n) is 5.90. The number of alkyl carbamates (subject to hydrolysis) is 1. The average Bonchev–Trinajstić information content (AvgIpc) is 2.80. The molecule has 2 saturated carbocycles. The molecule has 7 heteroatoms. The monoisotopic (exact) mass is 434 g/mol. The fourth-order valence-electron chi connectivity index (χ4n) is 4.17. The van der Waals surface area contributed by atoms with Gasteiger partial charge in [-0.3, -0.25) is 0 Å². The van der Waals surface area contributed by atoms with E-state index in [1.165, 1.54) is 64.2 Å². The highest BCUT2D eigenvalue weighted by atomic mass is 16.5. The molecule has 4 N–H and O–H groups in total. The van der Waals surface area contributed by atoms with Crippen LogP contribution < -0.4 is 10.6 Å². The lowest BCUT2D eigenvalue weighted by atomic mass is 9.91. The summed E-state index contributed by atoms with van der Waals surface area (Å²) in [5.74, 6) is -1.21. The van der Waals surface area contributed by atoms with Crippen molar-refractivity contribution >= 4 is 12.1 Å². The summed E-state index contributed by atoms with van der Waals surface area (Å²) in [7, 11) is 0. The lowest BCUT2D eigenvalue weighted by molar-refractivity contribution is -0.139. The smallest absolute Gasteiger partial charge is 0.408 e. The quantitative estimate of drug-likeness (QED) is 0.493. The molecule has 0 radical (unpaired) electrons. The van der Waals surface area contributed by atoms with Gasteiger partial charge in [0.1, 0.15) is 12.6 Å². The van der Waals surface area contributed by atoms with E-state index >= 15 is 0 Å². The molecule has 0 bridgehead atoms. The lowest BCUT2D eigenvalue weighted by Crippen LogP contribution is -2.41. The molecule has 3 rings (SSSR count). The third kappa shape index (κ3) is 10.6. The van der Waals surface area contributed by atoms with E-state index in [1.54, 1.807) is 12.1 Å². The predicted octanol–water partition coefficient (Wildman–Crippen LogP) is 3.99. The van der Waals surface area contributed by atoms with Crippen molar-refractivity contribution in [3.8, 4) is 0 Å². The Labute approximate surface area is 185 Å². The summed E-state index contributed by atoms with van der Waals surface area (Å²) in [4.78, 5) is 22.0. The zero-order chi connectivity index (χ0) is 22.3. The van der Waals surface area contributed by atoms with Crippen LogP contribution in [0.25, 0.3) is 0 Å². The summed E-state index contributed by atoms with van der Waals surface area (Å²) in [6.07, 6.45) is 13.7. The van der Waals surface area contributed by atoms with Gasteiger partial charge in [-0.2, -0.15) is 0 Å². The van der Waals surface area contributed by atoms with Crippen molar-refractivity contribution in [3.63, 3.8) is 0 Å². The van der Waals surface area contributed by atoms with Crippen LogP contribution in [-0.2, 0) is 16.1 Å². The Morgan fingerprint density at radius 2 is 1.48 bits per heavy atom. The first-order valence-electron chi connectivity index (χ1n) is 11.7. The second-order valence-corrected chi connectivity index (χ2v) is 8.45. The number of carbonyl (C=O) groups excluding carboxylic acids is 1. The molecule has 1 aromatic carbocycles. The number of carboxylic acids is 1. The maximum Gasteiger partial charge on any atom is 0.408 e. The summed E-state index contributed by atoms with van der Waals surface area (Å²) in [5.41, 5.74) is 0.807. The van der Waals surface area contributed by atoms with E-state index in [0.29, 0.717) is 0 Å². The van der Waals surface area contributed by atoms with Gasteiger partial charge < -0.3 is 25.6 Å². The van der Waals surface area contributed by atoms with Crippen LogP contribution in [0.2, 0.25) is 0 Å². The molecule has 2 fully saturated rings. The van der Waals surface area contributed by atoms with Crippen molar-refractivity contribution in [3.05, 3.63) is 35.9 Å². The maximum atomic E-state index is 11.3. The Balaban J connectivity index is 0.000000231. The molecule has 7 nitrogen and oxygen atoms in total. The average molecular weight is 435 g/mol. The Morgan fingerprint density at radius 3 is 1.97 bits per heavy atom. The molecule has 0 spiro atoms. The van der Waals surface area contributed by atoms with Crippen LogP contribution in [0.15, 0.2) is 30.3 Å². The Kier molecular flexibility index (Phi) is 12.0. The van der Waals surface area contributed by atoms with Crippen molar-refractivity contribution in [2.75, 3.05) is 6.61 Å². The SMILES string of the molecule is C1CCC(NC2CCCCC2)CC1.O=C(N[C@H](CCO)C(=O)O)OCc1ccccc1. The van der Waals surface area contributed by atoms with E-state index < -0.39 is 18.1 Å². The second kappa shape index (κ2) is 14.8. The highest BCUT2D eigenvalue weighted by Crippen LogP contribution is 2.22. The van der Waals surface area contributed by atoms with Gasteiger partial charge in [0.2, 0.25) is 0 Å². The van der Waals surface area contributed by atoms with Crippen LogP contribution >= 0.6 is 0 Å². The number of carbonyl (C=O) groups is 2. The minimum absolute atomic E-state index is 0.0598. The molecule has 0 saturated heterocycles. The number of rotatable bonds is 8. The van der Waals surface area contributed by atoms with Crippen LogP contribution in [0.4, 0.5) is 4.79 Å². The molecule has 0 aromatic heterocycles. The van der Waals surface area contributed by atoms with Crippen molar-refractivity contribution in [1.29, 1.82) is 0 Å². The Hall–Kier alpha value is -2.12. The molecule has 1 atom stereocenters. The minimum Gasteiger partial charge on any atom is -0.480 e. The van der Waals surface area contributed by atoms with Crippen molar-refractivity contribution in [2.45, 2.75) is 95.4 Å². The van der Waals surface area contributed by atoms with Crippen LogP contribution in [0.3, 0.4) is 0 Å². The van der Waals surface area contributed by atoms with E-state index in [9.17, 15) is 9.59 Å². The molecule has 0 unspecified atom stereocenters. The van der Waals surface area contributed by atoms with Crippen molar-refractivity contribution in [2.24, 2.45) is 0 Å². The summed E-state index contributed by atoms with van der Waals surface area (Å²) >= 11 is 0. The van der Waals surface area contributed by atoms with E-state index in [1.807, 2.05) is 18.2 Å². The number of aliphatic hydroxyl groups is 1. The van der Waals surface area contributed by atoms with Gasteiger partial charge >= 0.3 is 12.1 Å². The molecule has 2 aliphatic carbocycles. The fourth-order valence-corrected chi connectivity index (χ4v) is 4.17. The predicted molar refractivity (Wildman–Crippen MR) is 120 cm³/mol. The molecule has 174 valence electrons. The number of hydrogen-bond donors (Lipinski definition) is 4. The van der Waals surface area contributed by atoms with Crippen molar-refractivity contribution < 1.29 is 24.5 Å². The van der Waals surface area contributed by atoms with Gasteiger partial charge in [-0.05, 0) is 31.2 Å². The number of amides is 1. The van der Waals surface area contributed by atoms with Gasteiger partial charge in [0.15, 0.2) is 0 Å². The number of hydrogen-bond acceptors (Lipinski definition) is 5. The molecule has 0 heterocycles. The number of aliphatic hydroxyl groups excluding tert-OH is 1. The van der Waals surface area contributed by atoms with Gasteiger partial charge in [-0.25, -0.2) is 9.59 Å². The number of benzene rings is 1. The molecule has 1 amide bonds. The Morgan fingerprint density at radius 1 is 0.935 bits per heavy atom. The number of aliphatic carboxylic acids is 1. The molecular formula is C24H38N2O5. The summed E-state index contributed by atoms with van der Waals surface area (Å²) in [6, 6.07) is 9.63. The number of nitrogens with one attached hydrogen (secondary N) is 2. The van der Waals surface area contributed by atoms with E-state index in [2.05, 4.69) is 10.6 Å². The van der Waals surface area contributed by atoms with Gasteiger partial charge in [0, 0.05) is 25.1 Å². The highest BCUT2D eigenvalue weighted by molar-refractivity contribution is 5.79. The molecule has 2 aliphatic rings. The second-order valence-electron chi connectivity index (χ2n) is 8.45. The standard InChI is InChI=1S/C12H15NO5.C12H23N/c14-7-6-10(11(15)16)13-12(17)18-8-9-4-2-1-3-5-9;1-3-7-11(8-4-1)13-12-9-5-2-6-10-12/h1-5,10,14H,6-8H2,(H,13,17)(H,15,16);11-13H,1-10H2/t10-;/m1./s1. The third-order valence-corrected chi connectivity index (χ3v) is 5.90. The topological polar surface area (TPSA) is 108 Å². The van der Waals surface area contributed by atoms with E-state index in [0.717, 1.165) is 17.6 Å². The van der Waals surface area contributed by atoms with E-state index in [-0.39, 0.29) is 19.6 Å². The summed E-state index contributed by atoms with van der Waals surface area (Å²) in [5, 5.41) is 23.4. The number of ether oxygens (including phenoxy) is 1. The zero-order valence-corrected chi connectivity index (χ0v) is 18.4. The van der Waals surface area contributed by atoms with Crippen LogP contribution in [0, 0.1) is 0 Å². The van der Waals surface area contributed by atoms with E-state index in [4.69, 9.17) is 14.9 Å². The van der Waals surface area contributed by atoms with Crippen LogP contribution in [0.5, 0.6) is 0 Å². The zero-order valence-electron chi connectivity index (χ0n) is 18.4. The van der Waals surface area contributed by atoms with Gasteiger partial charge in [0.25, 0.3) is 0 Å². The molecule has 0 aliphatic heterocycles. The van der Waals surface area contributed by atoms with Crippen molar-refractivity contribution in [1.82, 2.24) is 10.6 Å². The largest absolute Gasteiger partial charge is 0.480 e. The van der Waals surface area contributed by atoms with Crippen LogP contribution in [-0.4, -0.2) is 47.0 Å². The van der Waals surface area contributed by atoms with Gasteiger partial charge in [-0.1, -0.05) is 68.9 Å². The first-order chi connectivity index (χ1) is 15.1. The first kappa shape index (κ1) is 25.1. The van der Waals surface area contributed by atoms with Gasteiger partial charge in [0.05, 0.1) is 0 Å². The molecule has 1 aromatic rings. The summed E-state index contributed by atoms with van der Waals surface area (Å²) < 4.78 is 4.86. The van der Waals surface area contributed by atoms with Crippen LogP contribution in [0.1, 0.15) is 76.2 Å². The van der Waals surface area contributed by atoms with Gasteiger partial charge in [-0.15, -0.1) is 0 Å². The molecular weight excluding hydrogens is 396 g/mol. The molecule has 31 heavy (non-hydrogen) atoms. The number of carboxylic acid groups (broad SMARTS) is 1. The summed E-state index contributed by atoms with van der Waals surface area (Å²) in [6.45, 7) is -0.256. The first-order valence-corrected chi connectivity index (χ1v) is 11.7. The fraction of sp³-hybridized carbons (Fsp3) is 0.667. The highest BCUT2D eigenvalue weighted by Gasteiger charge is 2.20. The minimum atomic E-state index is -1.21. The maximum absolute atomic E-state index is 11.3.